The summed E-state index contributed by atoms with van der Waals surface area (Å²) < 4.78 is 9.48. The van der Waals surface area contributed by atoms with Crippen molar-refractivity contribution >= 4 is 11.0 Å². The maximum atomic E-state index is 13.4. The summed E-state index contributed by atoms with van der Waals surface area (Å²) in [5.74, 6) is 0. The Morgan fingerprint density at radius 2 is 1.79 bits per heavy atom. The molecule has 1 aromatic carbocycles. The van der Waals surface area contributed by atoms with Gasteiger partial charge in [-0.1, -0.05) is 30.3 Å². The molecule has 154 valence electrons. The molecule has 3 N–H and O–H groups in total. The third-order valence-electron chi connectivity index (χ3n) is 5.42. The van der Waals surface area contributed by atoms with Crippen LogP contribution in [-0.4, -0.2) is 53.9 Å². The van der Waals surface area contributed by atoms with E-state index < -0.39 is 42.4 Å². The molecule has 0 unspecified atom stereocenters. The van der Waals surface area contributed by atoms with E-state index in [9.17, 15) is 24.9 Å². The molecule has 29 heavy (non-hydrogen) atoms. The third-order valence-corrected chi connectivity index (χ3v) is 5.42. The van der Waals surface area contributed by atoms with Crippen LogP contribution in [0.15, 0.2) is 46.1 Å². The molecular formula is C20H23N3O6. The van der Waals surface area contributed by atoms with E-state index in [-0.39, 0.29) is 6.54 Å². The zero-order valence-corrected chi connectivity index (χ0v) is 16.1. The zero-order valence-electron chi connectivity index (χ0n) is 16.1. The number of hydrogen-bond acceptors (Lipinski definition) is 6. The smallest absolute Gasteiger partial charge is 0.335 e. The first-order valence-electron chi connectivity index (χ1n) is 9.32. The fourth-order valence-corrected chi connectivity index (χ4v) is 4.01. The van der Waals surface area contributed by atoms with Crippen molar-refractivity contribution in [1.29, 1.82) is 0 Å². The largest absolute Gasteiger partial charge is 0.394 e. The highest BCUT2D eigenvalue weighted by atomic mass is 16.6. The number of aromatic nitrogens is 3. The normalized spacial score (nSPS) is 24.4. The number of aliphatic hydroxyl groups is 3. The molecule has 9 nitrogen and oxygen atoms in total. The first-order chi connectivity index (χ1) is 13.8. The average molecular weight is 401 g/mol. The monoisotopic (exact) mass is 401 g/mol. The number of nitrogens with zero attached hydrogens (tertiary/aromatic N) is 3. The van der Waals surface area contributed by atoms with Crippen LogP contribution in [0, 0.1) is 6.92 Å². The predicted molar refractivity (Wildman–Crippen MR) is 105 cm³/mol. The molecule has 0 amide bonds. The van der Waals surface area contributed by atoms with Crippen LogP contribution >= 0.6 is 0 Å². The van der Waals surface area contributed by atoms with Gasteiger partial charge >= 0.3 is 5.69 Å². The van der Waals surface area contributed by atoms with Crippen LogP contribution in [0.1, 0.15) is 17.4 Å². The summed E-state index contributed by atoms with van der Waals surface area (Å²) in [5, 5.41) is 30.2. The summed E-state index contributed by atoms with van der Waals surface area (Å²) in [5.41, 5.74) is 0.727. The molecule has 2 aromatic heterocycles. The lowest BCUT2D eigenvalue weighted by Crippen LogP contribution is -2.46. The first-order valence-corrected chi connectivity index (χ1v) is 9.32. The maximum absolute atomic E-state index is 13.4. The Balaban J connectivity index is 1.98. The Morgan fingerprint density at radius 1 is 1.10 bits per heavy atom. The van der Waals surface area contributed by atoms with Crippen LogP contribution < -0.4 is 11.2 Å². The van der Waals surface area contributed by atoms with Crippen molar-refractivity contribution in [3.05, 3.63) is 68.5 Å². The SMILES string of the molecule is Cc1cn(C)c2c1c(=O)n([C@@H]1O[C@H](CO)[C@@H](O)[C@H]1O)c(=O)n2Cc1ccccc1. The Bertz CT molecular complexity index is 1160. The molecule has 0 bridgehead atoms. The molecule has 9 heteroatoms. The molecule has 4 rings (SSSR count). The Labute approximate surface area is 165 Å². The van der Waals surface area contributed by atoms with Crippen molar-refractivity contribution in [2.45, 2.75) is 38.0 Å². The van der Waals surface area contributed by atoms with Crippen LogP contribution in [0.3, 0.4) is 0 Å². The van der Waals surface area contributed by atoms with Crippen LogP contribution in [0.25, 0.3) is 11.0 Å². The van der Waals surface area contributed by atoms with Gasteiger partial charge in [0.2, 0.25) is 0 Å². The van der Waals surface area contributed by atoms with Crippen LogP contribution in [0.4, 0.5) is 0 Å². The van der Waals surface area contributed by atoms with Gasteiger partial charge in [0, 0.05) is 13.2 Å². The van der Waals surface area contributed by atoms with E-state index in [1.54, 1.807) is 24.7 Å². The topological polar surface area (TPSA) is 119 Å². The van der Waals surface area contributed by atoms with Crippen molar-refractivity contribution in [2.24, 2.45) is 7.05 Å². The van der Waals surface area contributed by atoms with Crippen LogP contribution in [0.5, 0.6) is 0 Å². The summed E-state index contributed by atoms with van der Waals surface area (Å²) in [6.07, 6.45) is -3.66. The molecule has 0 saturated carbocycles. The fraction of sp³-hybridized carbons (Fsp3) is 0.400. The van der Waals surface area contributed by atoms with Gasteiger partial charge in [-0.2, -0.15) is 0 Å². The second-order valence-corrected chi connectivity index (χ2v) is 7.38. The second kappa shape index (κ2) is 7.27. The summed E-state index contributed by atoms with van der Waals surface area (Å²) in [4.78, 5) is 26.6. The molecule has 1 fully saturated rings. The van der Waals surface area contributed by atoms with Crippen molar-refractivity contribution in [3.63, 3.8) is 0 Å². The maximum Gasteiger partial charge on any atom is 0.335 e. The Hall–Kier alpha value is -2.72. The fourth-order valence-electron chi connectivity index (χ4n) is 4.01. The first kappa shape index (κ1) is 19.6. The highest BCUT2D eigenvalue weighted by Crippen LogP contribution is 2.28. The van der Waals surface area contributed by atoms with Gasteiger partial charge in [0.15, 0.2) is 6.23 Å². The summed E-state index contributed by atoms with van der Waals surface area (Å²) in [6, 6.07) is 9.33. The number of rotatable bonds is 4. The quantitative estimate of drug-likeness (QED) is 0.541. The zero-order chi connectivity index (χ0) is 20.9. The summed E-state index contributed by atoms with van der Waals surface area (Å²) in [7, 11) is 1.76. The molecule has 3 heterocycles. The van der Waals surface area contributed by atoms with Gasteiger partial charge in [-0.25, -0.2) is 9.36 Å². The number of aliphatic hydroxyl groups excluding tert-OH is 3. The number of hydrogen-bond donors (Lipinski definition) is 3. The molecule has 0 radical (unpaired) electrons. The summed E-state index contributed by atoms with van der Waals surface area (Å²) >= 11 is 0. The molecule has 1 aliphatic heterocycles. The van der Waals surface area contributed by atoms with E-state index in [1.165, 1.54) is 4.57 Å². The molecule has 4 atom stereocenters. The molecule has 3 aromatic rings. The number of aryl methyl sites for hydroxylation is 2. The lowest BCUT2D eigenvalue weighted by atomic mass is 10.1. The van der Waals surface area contributed by atoms with E-state index in [0.29, 0.717) is 16.6 Å². The van der Waals surface area contributed by atoms with Crippen LogP contribution in [0.2, 0.25) is 0 Å². The minimum absolute atomic E-state index is 0.211. The van der Waals surface area contributed by atoms with E-state index in [4.69, 9.17) is 4.74 Å². The molecule has 1 saturated heterocycles. The Kier molecular flexibility index (Phi) is 4.91. The average Bonchev–Trinajstić information content (AvgIpc) is 3.16. The summed E-state index contributed by atoms with van der Waals surface area (Å²) in [6.45, 7) is 1.43. The third kappa shape index (κ3) is 3.03. The number of fused-ring (bicyclic) bond motifs is 1. The van der Waals surface area contributed by atoms with Crippen molar-refractivity contribution < 1.29 is 20.1 Å². The minimum Gasteiger partial charge on any atom is -0.394 e. The second-order valence-electron chi connectivity index (χ2n) is 7.38. The highest BCUT2D eigenvalue weighted by Gasteiger charge is 2.45. The lowest BCUT2D eigenvalue weighted by Gasteiger charge is -2.20. The van der Waals surface area contributed by atoms with Gasteiger partial charge < -0.3 is 24.6 Å². The van der Waals surface area contributed by atoms with Crippen LogP contribution in [-0.2, 0) is 18.3 Å². The Morgan fingerprint density at radius 3 is 2.41 bits per heavy atom. The van der Waals surface area contributed by atoms with Gasteiger partial charge in [-0.15, -0.1) is 0 Å². The standard InChI is InChI=1S/C20H23N3O6/c1-11-8-21(2)17-14(11)18(27)23(19-16(26)15(25)13(10-24)29-19)20(28)22(17)9-12-6-4-3-5-7-12/h3-8,13,15-16,19,24-26H,9-10H2,1-2H3/t13-,15-,16-,19-/m1/s1. The molecule has 1 aliphatic rings. The van der Waals surface area contributed by atoms with Crippen molar-refractivity contribution in [3.8, 4) is 0 Å². The van der Waals surface area contributed by atoms with E-state index in [0.717, 1.165) is 10.1 Å². The molecule has 0 spiro atoms. The molecular weight excluding hydrogens is 378 g/mol. The van der Waals surface area contributed by atoms with Crippen molar-refractivity contribution in [2.75, 3.05) is 6.61 Å². The van der Waals surface area contributed by atoms with E-state index in [2.05, 4.69) is 0 Å². The van der Waals surface area contributed by atoms with E-state index in [1.807, 2.05) is 30.3 Å². The van der Waals surface area contributed by atoms with Crippen molar-refractivity contribution in [1.82, 2.24) is 13.7 Å². The number of ether oxygens (including phenoxy) is 1. The van der Waals surface area contributed by atoms with Gasteiger partial charge in [0.1, 0.15) is 24.0 Å². The van der Waals surface area contributed by atoms with E-state index >= 15 is 0 Å². The predicted octanol–water partition coefficient (Wildman–Crippen LogP) is -0.530. The highest BCUT2D eigenvalue weighted by molar-refractivity contribution is 5.79. The van der Waals surface area contributed by atoms with Gasteiger partial charge in [0.05, 0.1) is 18.5 Å². The number of benzene rings is 1. The molecule has 0 aliphatic carbocycles. The minimum atomic E-state index is -1.52. The lowest BCUT2D eigenvalue weighted by molar-refractivity contribution is -0.0566. The van der Waals surface area contributed by atoms with Gasteiger partial charge in [-0.05, 0) is 18.1 Å². The van der Waals surface area contributed by atoms with Gasteiger partial charge in [0.25, 0.3) is 5.56 Å². The van der Waals surface area contributed by atoms with Gasteiger partial charge in [-0.3, -0.25) is 9.36 Å².